The van der Waals surface area contributed by atoms with E-state index in [9.17, 15) is 45.6 Å². The van der Waals surface area contributed by atoms with Crippen molar-refractivity contribution in [3.63, 3.8) is 0 Å². The van der Waals surface area contributed by atoms with Crippen LogP contribution in [0.3, 0.4) is 0 Å². The van der Waals surface area contributed by atoms with Crippen LogP contribution in [0.15, 0.2) is 72.9 Å². The molecule has 2 rings (SSSR count). The van der Waals surface area contributed by atoms with Crippen LogP contribution in [0.1, 0.15) is 117 Å². The molecule has 0 saturated carbocycles. The number of hydrogen-bond donors (Lipinski definition) is 9. The van der Waals surface area contributed by atoms with E-state index in [1.165, 1.54) is 25.7 Å². The molecule has 60 heavy (non-hydrogen) atoms. The van der Waals surface area contributed by atoms with Gasteiger partial charge in [-0.2, -0.15) is 0 Å². The number of aliphatic hydroxyl groups excluding tert-OH is 8. The highest BCUT2D eigenvalue weighted by atomic mass is 16.7. The van der Waals surface area contributed by atoms with Crippen LogP contribution in [0, 0.1) is 0 Å². The number of hydrogen-bond acceptors (Lipinski definition) is 13. The number of unbranched alkanes of at least 4 members (excludes halogenated alkanes) is 8. The summed E-state index contributed by atoms with van der Waals surface area (Å²) < 4.78 is 22.5. The van der Waals surface area contributed by atoms with Crippen LogP contribution >= 0.6 is 0 Å². The van der Waals surface area contributed by atoms with Crippen LogP contribution in [0.25, 0.3) is 0 Å². The molecule has 0 spiro atoms. The summed E-state index contributed by atoms with van der Waals surface area (Å²) in [5, 5.41) is 86.3. The Bertz CT molecular complexity index is 1280. The Kier molecular flexibility index (Phi) is 29.5. The highest BCUT2D eigenvalue weighted by Gasteiger charge is 2.50. The predicted octanol–water partition coefficient (Wildman–Crippen LogP) is 4.09. The van der Waals surface area contributed by atoms with Crippen molar-refractivity contribution in [1.29, 1.82) is 0 Å². The number of aliphatic hydroxyl groups is 8. The molecule has 9 N–H and O–H groups in total. The first-order valence-electron chi connectivity index (χ1n) is 22.2. The zero-order valence-electron chi connectivity index (χ0n) is 35.9. The van der Waals surface area contributed by atoms with Crippen molar-refractivity contribution in [2.24, 2.45) is 0 Å². The van der Waals surface area contributed by atoms with Crippen molar-refractivity contribution in [3.8, 4) is 0 Å². The Labute approximate surface area is 358 Å². The fourth-order valence-corrected chi connectivity index (χ4v) is 6.71. The molecule has 2 saturated heterocycles. The Morgan fingerprint density at radius 1 is 0.617 bits per heavy atom. The zero-order chi connectivity index (χ0) is 44.0. The lowest BCUT2D eigenvalue weighted by atomic mass is 9.97. The first kappa shape index (κ1) is 53.6. The van der Waals surface area contributed by atoms with Gasteiger partial charge in [-0.1, -0.05) is 112 Å². The van der Waals surface area contributed by atoms with Gasteiger partial charge in [-0.3, -0.25) is 4.79 Å². The van der Waals surface area contributed by atoms with E-state index in [-0.39, 0.29) is 18.9 Å². The lowest BCUT2D eigenvalue weighted by Gasteiger charge is -2.46. The summed E-state index contributed by atoms with van der Waals surface area (Å²) >= 11 is 0. The molecule has 14 heteroatoms. The molecule has 2 aliphatic rings. The van der Waals surface area contributed by atoms with E-state index in [1.807, 2.05) is 6.08 Å². The number of carbonyl (C=O) groups excluding carboxylic acids is 1. The molecule has 12 atom stereocenters. The molecule has 0 aromatic carbocycles. The third-order valence-electron chi connectivity index (χ3n) is 10.4. The lowest BCUT2D eigenvalue weighted by molar-refractivity contribution is -0.359. The summed E-state index contributed by atoms with van der Waals surface area (Å²) in [5.41, 5.74) is 0. The van der Waals surface area contributed by atoms with Crippen molar-refractivity contribution in [2.45, 2.75) is 190 Å². The highest BCUT2D eigenvalue weighted by Crippen LogP contribution is 2.29. The highest BCUT2D eigenvalue weighted by molar-refractivity contribution is 5.76. The largest absolute Gasteiger partial charge is 0.394 e. The molecule has 0 bridgehead atoms. The molecule has 0 radical (unpaired) electrons. The lowest BCUT2D eigenvalue weighted by Crippen LogP contribution is -2.65. The Balaban J connectivity index is 1.95. The Morgan fingerprint density at radius 2 is 1.17 bits per heavy atom. The molecule has 0 aliphatic carbocycles. The monoisotopic (exact) mass is 852 g/mol. The van der Waals surface area contributed by atoms with Gasteiger partial charge in [0.1, 0.15) is 48.8 Å². The summed E-state index contributed by atoms with van der Waals surface area (Å²) in [6.45, 7) is 2.54. The summed E-state index contributed by atoms with van der Waals surface area (Å²) in [7, 11) is 0. The molecular formula is C46H77NO13. The van der Waals surface area contributed by atoms with Gasteiger partial charge in [-0.25, -0.2) is 0 Å². The van der Waals surface area contributed by atoms with Crippen molar-refractivity contribution in [3.05, 3.63) is 72.9 Å². The molecule has 1 amide bonds. The Hall–Kier alpha value is -2.57. The maximum Gasteiger partial charge on any atom is 0.220 e. The summed E-state index contributed by atoms with van der Waals surface area (Å²) in [5.74, 6) is -0.297. The van der Waals surface area contributed by atoms with Gasteiger partial charge in [0.05, 0.1) is 32.0 Å². The van der Waals surface area contributed by atoms with E-state index in [1.54, 1.807) is 6.08 Å². The zero-order valence-corrected chi connectivity index (χ0v) is 35.9. The van der Waals surface area contributed by atoms with Gasteiger partial charge in [-0.15, -0.1) is 0 Å². The summed E-state index contributed by atoms with van der Waals surface area (Å²) in [6.07, 6.45) is 22.5. The molecule has 344 valence electrons. The minimum absolute atomic E-state index is 0.217. The second kappa shape index (κ2) is 33.0. The van der Waals surface area contributed by atoms with Crippen LogP contribution in [0.4, 0.5) is 0 Å². The van der Waals surface area contributed by atoms with Crippen LogP contribution in [0.2, 0.25) is 0 Å². The van der Waals surface area contributed by atoms with E-state index in [2.05, 4.69) is 79.9 Å². The number of allylic oxidation sites excluding steroid dienone is 11. The van der Waals surface area contributed by atoms with E-state index in [0.717, 1.165) is 57.8 Å². The van der Waals surface area contributed by atoms with Crippen molar-refractivity contribution < 1.29 is 64.6 Å². The van der Waals surface area contributed by atoms with Gasteiger partial charge < -0.3 is 65.1 Å². The third-order valence-corrected chi connectivity index (χ3v) is 10.4. The van der Waals surface area contributed by atoms with Crippen LogP contribution in [-0.4, -0.2) is 140 Å². The van der Waals surface area contributed by atoms with Crippen molar-refractivity contribution in [1.82, 2.24) is 5.32 Å². The van der Waals surface area contributed by atoms with Gasteiger partial charge in [0.15, 0.2) is 12.6 Å². The fourth-order valence-electron chi connectivity index (χ4n) is 6.71. The number of nitrogens with one attached hydrogen (secondary N) is 1. The van der Waals surface area contributed by atoms with E-state index in [0.29, 0.717) is 12.8 Å². The number of rotatable bonds is 31. The standard InChI is InChI=1S/C46H77NO13/c1-3-5-7-9-11-13-15-16-17-18-20-22-24-26-28-30-38(51)47-34(35(50)29-27-25-23-21-19-14-12-10-8-6-4-2)33-57-45-43(56)41(54)44(37(32-49)59-45)60-46-42(55)40(53)39(52)36(31-48)58-46/h5,7,11,13,16-17,19-22,27,29,34-37,39-46,48-50,52-56H,3-4,6,8-10,12,14-15,18,23-26,28,30-33H2,1-2H3,(H,47,51)/b7-5-,13-11-,17-16-,21-19+,22-20-,29-27+. The molecule has 12 unspecified atom stereocenters. The smallest absolute Gasteiger partial charge is 0.220 e. The topological polar surface area (TPSA) is 228 Å². The maximum absolute atomic E-state index is 13.1. The number of carbonyl (C=O) groups is 1. The maximum atomic E-state index is 13.1. The van der Waals surface area contributed by atoms with Gasteiger partial charge in [0.2, 0.25) is 5.91 Å². The summed E-state index contributed by atoms with van der Waals surface area (Å²) in [4.78, 5) is 13.1. The van der Waals surface area contributed by atoms with Gasteiger partial charge in [-0.05, 0) is 70.6 Å². The van der Waals surface area contributed by atoms with E-state index >= 15 is 0 Å². The number of amides is 1. The van der Waals surface area contributed by atoms with Crippen molar-refractivity contribution in [2.75, 3.05) is 19.8 Å². The van der Waals surface area contributed by atoms with Gasteiger partial charge >= 0.3 is 0 Å². The predicted molar refractivity (Wildman–Crippen MR) is 230 cm³/mol. The third kappa shape index (κ3) is 21.0. The fraction of sp³-hybridized carbons (Fsp3) is 0.717. The van der Waals surface area contributed by atoms with E-state index in [4.69, 9.17) is 18.9 Å². The molecule has 2 aliphatic heterocycles. The minimum Gasteiger partial charge on any atom is -0.394 e. The minimum atomic E-state index is -1.80. The average molecular weight is 852 g/mol. The molecule has 14 nitrogen and oxygen atoms in total. The molecular weight excluding hydrogens is 774 g/mol. The molecule has 2 fully saturated rings. The van der Waals surface area contributed by atoms with Crippen LogP contribution in [-0.2, 0) is 23.7 Å². The summed E-state index contributed by atoms with van der Waals surface area (Å²) in [6, 6.07) is -0.953. The van der Waals surface area contributed by atoms with E-state index < -0.39 is 86.8 Å². The van der Waals surface area contributed by atoms with Gasteiger partial charge in [0, 0.05) is 6.42 Å². The van der Waals surface area contributed by atoms with Gasteiger partial charge in [0.25, 0.3) is 0 Å². The quantitative estimate of drug-likeness (QED) is 0.0354. The second-order valence-electron chi connectivity index (χ2n) is 15.4. The SMILES string of the molecule is CC/C=C\C/C=C\C/C=C\C/C=C\CCCCC(=O)NC(COC1OC(CO)C(OC2OC(CO)C(O)C(O)C2O)C(O)C1O)C(O)/C=C/CC/C=C/CCCCCCC. The second-order valence-corrected chi connectivity index (χ2v) is 15.4. The first-order valence-corrected chi connectivity index (χ1v) is 22.2. The average Bonchev–Trinajstić information content (AvgIpc) is 3.24. The normalized spacial score (nSPS) is 29.0. The molecule has 0 aromatic heterocycles. The Morgan fingerprint density at radius 3 is 1.82 bits per heavy atom. The molecule has 2 heterocycles. The number of ether oxygens (including phenoxy) is 4. The van der Waals surface area contributed by atoms with Crippen molar-refractivity contribution >= 4 is 5.91 Å². The molecule has 0 aromatic rings. The first-order chi connectivity index (χ1) is 29.1. The van der Waals surface area contributed by atoms with Crippen LogP contribution in [0.5, 0.6) is 0 Å². The van der Waals surface area contributed by atoms with Crippen LogP contribution < -0.4 is 5.32 Å².